The van der Waals surface area contributed by atoms with E-state index in [-0.39, 0.29) is 18.0 Å². The van der Waals surface area contributed by atoms with E-state index in [1.807, 2.05) is 18.2 Å². The zero-order valence-corrected chi connectivity index (χ0v) is 15.9. The van der Waals surface area contributed by atoms with Crippen LogP contribution in [0.15, 0.2) is 36.7 Å². The van der Waals surface area contributed by atoms with E-state index in [0.29, 0.717) is 17.7 Å². The van der Waals surface area contributed by atoms with Gasteiger partial charge in [0.05, 0.1) is 17.8 Å². The van der Waals surface area contributed by atoms with E-state index in [0.717, 1.165) is 50.1 Å². The number of halogens is 1. The van der Waals surface area contributed by atoms with E-state index < -0.39 is 0 Å². The van der Waals surface area contributed by atoms with Gasteiger partial charge in [-0.1, -0.05) is 12.1 Å². The van der Waals surface area contributed by atoms with Gasteiger partial charge in [-0.25, -0.2) is 14.4 Å². The Hall–Kier alpha value is -3.07. The van der Waals surface area contributed by atoms with E-state index in [4.69, 9.17) is 4.74 Å². The lowest BCUT2D eigenvalue weighted by molar-refractivity contribution is 0.108. The molecule has 0 spiro atoms. The largest absolute Gasteiger partial charge is 0.372 e. The monoisotopic (exact) mass is 395 g/mol. The van der Waals surface area contributed by atoms with E-state index in [2.05, 4.69) is 35.4 Å². The first-order valence-electron chi connectivity index (χ1n) is 9.91. The van der Waals surface area contributed by atoms with Crippen molar-refractivity contribution in [3.8, 4) is 0 Å². The lowest BCUT2D eigenvalue weighted by Crippen LogP contribution is -2.25. The van der Waals surface area contributed by atoms with Crippen molar-refractivity contribution in [2.24, 2.45) is 0 Å². The van der Waals surface area contributed by atoms with Crippen LogP contribution in [-0.2, 0) is 4.74 Å². The van der Waals surface area contributed by atoms with Crippen molar-refractivity contribution in [3.05, 3.63) is 53.7 Å². The molecule has 29 heavy (non-hydrogen) atoms. The first-order chi connectivity index (χ1) is 14.3. The maximum Gasteiger partial charge on any atom is 0.233 e. The van der Waals surface area contributed by atoms with E-state index >= 15 is 0 Å². The summed E-state index contributed by atoms with van der Waals surface area (Å²) >= 11 is 0. The summed E-state index contributed by atoms with van der Waals surface area (Å²) in [6.45, 7) is 1.63. The van der Waals surface area contributed by atoms with Gasteiger partial charge < -0.3 is 15.0 Å². The molecule has 2 aromatic heterocycles. The molecule has 2 aliphatic rings. The summed E-state index contributed by atoms with van der Waals surface area (Å²) in [5.41, 5.74) is 2.02. The van der Waals surface area contributed by atoms with Gasteiger partial charge in [0.1, 0.15) is 12.1 Å². The highest BCUT2D eigenvalue weighted by Gasteiger charge is 2.28. The lowest BCUT2D eigenvalue weighted by atomic mass is 10.0. The molecule has 1 aromatic carbocycles. The highest BCUT2D eigenvalue weighted by atomic mass is 19.1. The Kier molecular flexibility index (Phi) is 4.81. The van der Waals surface area contributed by atoms with Crippen molar-refractivity contribution in [2.45, 2.75) is 37.8 Å². The van der Waals surface area contributed by atoms with Crippen molar-refractivity contribution in [1.29, 1.82) is 0 Å². The van der Waals surface area contributed by atoms with Gasteiger partial charge in [-0.3, -0.25) is 5.10 Å². The van der Waals surface area contributed by atoms with Crippen LogP contribution in [0.25, 0.3) is 0 Å². The van der Waals surface area contributed by atoms with Gasteiger partial charge in [-0.2, -0.15) is 10.1 Å². The summed E-state index contributed by atoms with van der Waals surface area (Å²) in [5, 5.41) is 10.4. The molecular formula is C20H22FN7O. The highest BCUT2D eigenvalue weighted by Crippen LogP contribution is 2.34. The van der Waals surface area contributed by atoms with Gasteiger partial charge >= 0.3 is 0 Å². The van der Waals surface area contributed by atoms with Crippen molar-refractivity contribution >= 4 is 17.7 Å². The molecule has 2 saturated heterocycles. The molecule has 0 amide bonds. The van der Waals surface area contributed by atoms with Crippen LogP contribution >= 0.6 is 0 Å². The molecule has 4 heterocycles. The summed E-state index contributed by atoms with van der Waals surface area (Å²) in [5.74, 6) is 1.45. The molecule has 2 fully saturated rings. The summed E-state index contributed by atoms with van der Waals surface area (Å²) in [6.07, 6.45) is 5.64. The van der Waals surface area contributed by atoms with Crippen molar-refractivity contribution in [2.75, 3.05) is 23.4 Å². The molecule has 0 bridgehead atoms. The van der Waals surface area contributed by atoms with E-state index in [9.17, 15) is 4.39 Å². The van der Waals surface area contributed by atoms with Gasteiger partial charge in [0, 0.05) is 19.2 Å². The van der Waals surface area contributed by atoms with Crippen LogP contribution < -0.4 is 10.2 Å². The van der Waals surface area contributed by atoms with Crippen LogP contribution in [0.4, 0.5) is 22.1 Å². The highest BCUT2D eigenvalue weighted by molar-refractivity contribution is 5.50. The Morgan fingerprint density at radius 3 is 2.86 bits per heavy atom. The quantitative estimate of drug-likeness (QED) is 0.681. The van der Waals surface area contributed by atoms with Gasteiger partial charge in [0.2, 0.25) is 11.9 Å². The van der Waals surface area contributed by atoms with Crippen LogP contribution in [0.3, 0.4) is 0 Å². The number of H-pyrrole nitrogens is 1. The van der Waals surface area contributed by atoms with Gasteiger partial charge in [-0.15, -0.1) is 0 Å². The molecule has 5 rings (SSSR count). The number of ether oxygens (including phenoxy) is 1. The predicted molar refractivity (Wildman–Crippen MR) is 105 cm³/mol. The Morgan fingerprint density at radius 2 is 2.03 bits per heavy atom. The number of nitrogens with zero attached hydrogens (tertiary/aromatic N) is 5. The third kappa shape index (κ3) is 3.77. The number of rotatable bonds is 5. The number of nitrogens with one attached hydrogen (secondary N) is 2. The first-order valence-corrected chi connectivity index (χ1v) is 9.91. The number of aromatic amines is 1. The number of benzene rings is 1. The van der Waals surface area contributed by atoms with Crippen LogP contribution in [0.2, 0.25) is 0 Å². The fourth-order valence-electron chi connectivity index (χ4n) is 4.03. The summed E-state index contributed by atoms with van der Waals surface area (Å²) in [6, 6.07) is 8.70. The maximum absolute atomic E-state index is 13.3. The summed E-state index contributed by atoms with van der Waals surface area (Å²) in [7, 11) is 0. The number of anilines is 3. The number of aromatic nitrogens is 5. The molecular weight excluding hydrogens is 373 g/mol. The maximum atomic E-state index is 13.3. The SMILES string of the molecule is Fc1ccc(C2CCCN2c2ncnc(Nc3cc(C4CCCO4)[nH]n3)n2)cc1. The molecule has 0 aliphatic carbocycles. The Bertz CT molecular complexity index is 971. The molecule has 9 heteroatoms. The Morgan fingerprint density at radius 1 is 1.14 bits per heavy atom. The van der Waals surface area contributed by atoms with Crippen LogP contribution in [0, 0.1) is 5.82 Å². The molecule has 3 aromatic rings. The molecule has 2 aliphatic heterocycles. The average Bonchev–Trinajstić information content (AvgIpc) is 3.50. The third-order valence-electron chi connectivity index (χ3n) is 5.44. The molecule has 2 N–H and O–H groups in total. The smallest absolute Gasteiger partial charge is 0.233 e. The zero-order valence-electron chi connectivity index (χ0n) is 15.9. The summed E-state index contributed by atoms with van der Waals surface area (Å²) < 4.78 is 19.0. The zero-order chi connectivity index (χ0) is 19.6. The van der Waals surface area contributed by atoms with Gasteiger partial charge in [-0.05, 0) is 43.4 Å². The van der Waals surface area contributed by atoms with Crippen molar-refractivity contribution in [3.63, 3.8) is 0 Å². The minimum absolute atomic E-state index is 0.0769. The molecule has 0 saturated carbocycles. The van der Waals surface area contributed by atoms with Gasteiger partial charge in [0.15, 0.2) is 5.82 Å². The molecule has 2 unspecified atom stereocenters. The fraction of sp³-hybridized carbons (Fsp3) is 0.400. The van der Waals surface area contributed by atoms with Gasteiger partial charge in [0.25, 0.3) is 0 Å². The van der Waals surface area contributed by atoms with Crippen LogP contribution in [0.5, 0.6) is 0 Å². The minimum atomic E-state index is -0.230. The van der Waals surface area contributed by atoms with Crippen molar-refractivity contribution < 1.29 is 9.13 Å². The normalized spacial score (nSPS) is 21.6. The second-order valence-electron chi connectivity index (χ2n) is 7.35. The molecule has 8 nitrogen and oxygen atoms in total. The fourth-order valence-corrected chi connectivity index (χ4v) is 4.03. The van der Waals surface area contributed by atoms with Crippen molar-refractivity contribution in [1.82, 2.24) is 25.1 Å². The topological polar surface area (TPSA) is 91.8 Å². The number of hydrogen-bond acceptors (Lipinski definition) is 7. The predicted octanol–water partition coefficient (Wildman–Crippen LogP) is 3.67. The molecule has 0 radical (unpaired) electrons. The first kappa shape index (κ1) is 18.0. The van der Waals surface area contributed by atoms with Crippen LogP contribution in [-0.4, -0.2) is 38.3 Å². The molecule has 150 valence electrons. The summed E-state index contributed by atoms with van der Waals surface area (Å²) in [4.78, 5) is 15.3. The van der Waals surface area contributed by atoms with E-state index in [1.54, 1.807) is 0 Å². The molecule has 2 atom stereocenters. The lowest BCUT2D eigenvalue weighted by Gasteiger charge is -2.25. The standard InChI is InChI=1S/C20H22FN7O/c21-14-7-5-13(6-8-14)16-3-1-9-28(16)20-23-12-22-19(25-20)24-18-11-15(26-27-18)17-4-2-10-29-17/h5-8,11-12,16-17H,1-4,9-10H2,(H2,22,23,24,25,26,27). The second kappa shape index (κ2) is 7.75. The second-order valence-corrected chi connectivity index (χ2v) is 7.35. The minimum Gasteiger partial charge on any atom is -0.372 e. The Labute approximate surface area is 167 Å². The van der Waals surface area contributed by atoms with Crippen LogP contribution in [0.1, 0.15) is 49.1 Å². The van der Waals surface area contributed by atoms with E-state index in [1.165, 1.54) is 18.5 Å². The Balaban J connectivity index is 1.33. The average molecular weight is 395 g/mol. The number of hydrogen-bond donors (Lipinski definition) is 2. The third-order valence-corrected chi connectivity index (χ3v) is 5.44.